The smallest absolute Gasteiger partial charge is 0.335 e. The fourth-order valence-corrected chi connectivity index (χ4v) is 0.672. The number of ether oxygens (including phenoxy) is 1. The van der Waals surface area contributed by atoms with E-state index in [-0.39, 0.29) is 11.6 Å². The zero-order valence-corrected chi connectivity index (χ0v) is 7.63. The molecule has 3 heteroatoms. The van der Waals surface area contributed by atoms with Gasteiger partial charge in [0.2, 0.25) is 0 Å². The summed E-state index contributed by atoms with van der Waals surface area (Å²) in [7, 11) is 0. The van der Waals surface area contributed by atoms with Crippen LogP contribution in [0.4, 0.5) is 0 Å². The van der Waals surface area contributed by atoms with E-state index in [0.29, 0.717) is 6.61 Å². The minimum Gasteiger partial charge on any atom is -0.471 e. The molecular weight excluding hydrogens is 154 g/mol. The Bertz CT molecular complexity index is 223. The van der Waals surface area contributed by atoms with Gasteiger partial charge >= 0.3 is 5.97 Å². The fourth-order valence-electron chi connectivity index (χ4n) is 0.672. The normalized spacial score (nSPS) is 11.1. The Labute approximate surface area is 72.8 Å². The summed E-state index contributed by atoms with van der Waals surface area (Å²) in [6.45, 7) is 12.6. The van der Waals surface area contributed by atoms with Crippen molar-refractivity contribution < 1.29 is 9.53 Å². The molecule has 3 nitrogen and oxygen atoms in total. The van der Waals surface area contributed by atoms with Crippen LogP contribution in [0.15, 0.2) is 11.8 Å². The first-order valence-corrected chi connectivity index (χ1v) is 3.88. The minimum atomic E-state index is -0.527. The predicted molar refractivity (Wildman–Crippen MR) is 46.2 cm³/mol. The number of rotatable bonds is 3. The van der Waals surface area contributed by atoms with Crippen LogP contribution in [0, 0.1) is 12.5 Å². The van der Waals surface area contributed by atoms with Gasteiger partial charge in [0.15, 0.2) is 0 Å². The Morgan fingerprint density at radius 2 is 2.25 bits per heavy atom. The predicted octanol–water partition coefficient (Wildman–Crippen LogP) is 2.01. The molecule has 0 amide bonds. The Morgan fingerprint density at radius 3 is 2.58 bits per heavy atom. The van der Waals surface area contributed by atoms with E-state index in [0.717, 1.165) is 0 Å². The van der Waals surface area contributed by atoms with Crippen molar-refractivity contribution in [1.29, 1.82) is 0 Å². The van der Waals surface area contributed by atoms with Crippen molar-refractivity contribution in [2.45, 2.75) is 20.8 Å². The number of hydrogen-bond acceptors (Lipinski definition) is 2. The average Bonchev–Trinajstić information content (AvgIpc) is 2.00. The highest BCUT2D eigenvalue weighted by Crippen LogP contribution is 2.05. The van der Waals surface area contributed by atoms with Gasteiger partial charge < -0.3 is 4.74 Å². The molecule has 0 aliphatic rings. The molecule has 0 saturated carbocycles. The summed E-state index contributed by atoms with van der Waals surface area (Å²) < 4.78 is 4.67. The van der Waals surface area contributed by atoms with Gasteiger partial charge in [0.25, 0.3) is 5.70 Å². The lowest BCUT2D eigenvalue weighted by Crippen LogP contribution is -2.05. The third-order valence-corrected chi connectivity index (χ3v) is 1.10. The number of carbonyl (C=O) groups excluding carboxylic acids is 1. The molecule has 0 radical (unpaired) electrons. The SMILES string of the molecule is [C-]#[N+]/C(=C\C(C)C)C(=O)OCC. The molecule has 0 aromatic rings. The molecule has 0 saturated heterocycles. The Kier molecular flexibility index (Phi) is 4.78. The Morgan fingerprint density at radius 1 is 1.67 bits per heavy atom. The summed E-state index contributed by atoms with van der Waals surface area (Å²) in [5.41, 5.74) is 0.0758. The van der Waals surface area contributed by atoms with Crippen molar-refractivity contribution in [3.05, 3.63) is 23.2 Å². The number of carbonyl (C=O) groups is 1. The lowest BCUT2D eigenvalue weighted by atomic mass is 10.2. The van der Waals surface area contributed by atoms with E-state index in [4.69, 9.17) is 6.57 Å². The highest BCUT2D eigenvalue weighted by molar-refractivity contribution is 5.90. The third-order valence-electron chi connectivity index (χ3n) is 1.10. The number of hydrogen-bond donors (Lipinski definition) is 0. The topological polar surface area (TPSA) is 30.7 Å². The highest BCUT2D eigenvalue weighted by atomic mass is 16.5. The molecule has 0 aromatic carbocycles. The molecule has 66 valence electrons. The highest BCUT2D eigenvalue weighted by Gasteiger charge is 2.10. The third kappa shape index (κ3) is 3.77. The molecule has 0 N–H and O–H groups in total. The van der Waals surface area contributed by atoms with Gasteiger partial charge in [-0.25, -0.2) is 4.85 Å². The van der Waals surface area contributed by atoms with Gasteiger partial charge in [-0.15, -0.1) is 0 Å². The Balaban J connectivity index is 4.37. The molecule has 12 heavy (non-hydrogen) atoms. The number of esters is 1. The lowest BCUT2D eigenvalue weighted by molar-refractivity contribution is -0.138. The van der Waals surface area contributed by atoms with Gasteiger partial charge in [0.1, 0.15) is 0 Å². The van der Waals surface area contributed by atoms with Crippen LogP contribution in [0.3, 0.4) is 0 Å². The van der Waals surface area contributed by atoms with Crippen LogP contribution in [0.1, 0.15) is 20.8 Å². The second-order valence-corrected chi connectivity index (χ2v) is 2.63. The fraction of sp³-hybridized carbons (Fsp3) is 0.556. The average molecular weight is 167 g/mol. The van der Waals surface area contributed by atoms with Crippen molar-refractivity contribution in [1.82, 2.24) is 0 Å². The van der Waals surface area contributed by atoms with Gasteiger partial charge in [-0.2, -0.15) is 0 Å². The van der Waals surface area contributed by atoms with Gasteiger partial charge in [0, 0.05) is 0 Å². The van der Waals surface area contributed by atoms with Crippen molar-refractivity contribution in [2.75, 3.05) is 6.61 Å². The molecule has 0 aliphatic carbocycles. The molecule has 0 unspecified atom stereocenters. The molecule has 0 fully saturated rings. The number of nitrogens with zero attached hydrogens (tertiary/aromatic N) is 1. The van der Waals surface area contributed by atoms with Gasteiger partial charge in [-0.05, 0) is 12.8 Å². The lowest BCUT2D eigenvalue weighted by Gasteiger charge is -2.00. The van der Waals surface area contributed by atoms with Crippen molar-refractivity contribution in [2.24, 2.45) is 5.92 Å². The van der Waals surface area contributed by atoms with Crippen LogP contribution >= 0.6 is 0 Å². The zero-order valence-electron chi connectivity index (χ0n) is 7.63. The van der Waals surface area contributed by atoms with Crippen molar-refractivity contribution >= 4 is 5.97 Å². The summed E-state index contributed by atoms with van der Waals surface area (Å²) in [6, 6.07) is 0. The van der Waals surface area contributed by atoms with Crippen LogP contribution in [0.5, 0.6) is 0 Å². The van der Waals surface area contributed by atoms with Gasteiger partial charge in [0.05, 0.1) is 13.2 Å². The van der Waals surface area contributed by atoms with E-state index >= 15 is 0 Å². The largest absolute Gasteiger partial charge is 0.471 e. The summed E-state index contributed by atoms with van der Waals surface area (Å²) in [6.07, 6.45) is 1.60. The van der Waals surface area contributed by atoms with E-state index in [2.05, 4.69) is 9.58 Å². The molecule has 0 aliphatic heterocycles. The van der Waals surface area contributed by atoms with E-state index in [1.54, 1.807) is 13.0 Å². The summed E-state index contributed by atoms with van der Waals surface area (Å²) in [4.78, 5) is 14.1. The molecule has 0 spiro atoms. The quantitative estimate of drug-likeness (QED) is 0.365. The van der Waals surface area contributed by atoms with Gasteiger partial charge in [-0.1, -0.05) is 19.9 Å². The molecule has 0 atom stereocenters. The summed E-state index contributed by atoms with van der Waals surface area (Å²) in [5.74, 6) is -0.334. The maximum Gasteiger partial charge on any atom is 0.335 e. The first kappa shape index (κ1) is 10.7. The van der Waals surface area contributed by atoms with E-state index < -0.39 is 5.97 Å². The van der Waals surface area contributed by atoms with Gasteiger partial charge in [-0.3, -0.25) is 4.79 Å². The maximum absolute atomic E-state index is 11.0. The monoisotopic (exact) mass is 167 g/mol. The summed E-state index contributed by atoms with van der Waals surface area (Å²) in [5, 5.41) is 0. The van der Waals surface area contributed by atoms with Crippen LogP contribution in [-0.2, 0) is 9.53 Å². The van der Waals surface area contributed by atoms with Crippen molar-refractivity contribution in [3.8, 4) is 0 Å². The van der Waals surface area contributed by atoms with Crippen LogP contribution in [-0.4, -0.2) is 12.6 Å². The minimum absolute atomic E-state index is 0.0758. The van der Waals surface area contributed by atoms with Crippen LogP contribution in [0.25, 0.3) is 4.85 Å². The standard InChI is InChI=1S/C9H13NO2/c1-5-12-9(11)8(10-4)6-7(2)3/h6-7H,5H2,1-3H3/b8-6-. The number of allylic oxidation sites excluding steroid dienone is 1. The van der Waals surface area contributed by atoms with E-state index in [1.165, 1.54) is 0 Å². The molecule has 0 rings (SSSR count). The molecule has 0 heterocycles. The van der Waals surface area contributed by atoms with Crippen LogP contribution in [0.2, 0.25) is 0 Å². The first-order chi connectivity index (χ1) is 5.61. The molecule has 0 aromatic heterocycles. The van der Waals surface area contributed by atoms with E-state index in [9.17, 15) is 4.79 Å². The van der Waals surface area contributed by atoms with Crippen molar-refractivity contribution in [3.63, 3.8) is 0 Å². The van der Waals surface area contributed by atoms with Crippen LogP contribution < -0.4 is 0 Å². The Hall–Kier alpha value is -1.30. The summed E-state index contributed by atoms with van der Waals surface area (Å²) >= 11 is 0. The zero-order chi connectivity index (χ0) is 9.56. The van der Waals surface area contributed by atoms with E-state index in [1.807, 2.05) is 13.8 Å². The first-order valence-electron chi connectivity index (χ1n) is 3.88. The molecule has 0 bridgehead atoms. The second kappa shape index (κ2) is 5.36. The second-order valence-electron chi connectivity index (χ2n) is 2.63. The molecular formula is C9H13NO2. The maximum atomic E-state index is 11.0.